The molecule has 0 aromatic heterocycles. The van der Waals surface area contributed by atoms with Crippen LogP contribution in [0.3, 0.4) is 0 Å². The van der Waals surface area contributed by atoms with E-state index in [1.165, 1.54) is 19.1 Å². The minimum absolute atomic E-state index is 0.0156. The summed E-state index contributed by atoms with van der Waals surface area (Å²) in [6, 6.07) is 6.42. The number of phenols is 1. The number of hydrogen-bond acceptors (Lipinski definition) is 5. The van der Waals surface area contributed by atoms with Crippen molar-refractivity contribution in [2.45, 2.75) is 13.5 Å². The Morgan fingerprint density at radius 3 is 2.40 bits per heavy atom. The van der Waals surface area contributed by atoms with Crippen LogP contribution in [0.4, 0.5) is 4.79 Å². The van der Waals surface area contributed by atoms with E-state index in [2.05, 4.69) is 11.9 Å². The molecule has 2 N–H and O–H groups in total. The van der Waals surface area contributed by atoms with Crippen LogP contribution >= 0.6 is 0 Å². The maximum Gasteiger partial charge on any atom is 0.407 e. The average Bonchev–Trinajstić information content (AvgIpc) is 2.42. The van der Waals surface area contributed by atoms with Crippen LogP contribution in [0.5, 0.6) is 5.75 Å². The second kappa shape index (κ2) is 7.83. The van der Waals surface area contributed by atoms with Gasteiger partial charge < -0.3 is 19.9 Å². The standard InChI is InChI=1S/C14H17NO5/c1-10(2)13(17)19-7-8-20-14(18)15-9-11-3-5-12(16)6-4-11/h3-6,16H,1,7-9H2,2H3,(H,15,18). The lowest BCUT2D eigenvalue weighted by Crippen LogP contribution is -2.25. The molecule has 0 heterocycles. The number of alkyl carbamates (subject to hydrolysis) is 1. The lowest BCUT2D eigenvalue weighted by Gasteiger charge is -2.08. The predicted molar refractivity (Wildman–Crippen MR) is 72.1 cm³/mol. The quantitative estimate of drug-likeness (QED) is 0.470. The van der Waals surface area contributed by atoms with Crippen LogP contribution in [0.2, 0.25) is 0 Å². The van der Waals surface area contributed by atoms with Gasteiger partial charge in [-0.05, 0) is 24.6 Å². The van der Waals surface area contributed by atoms with Crippen molar-refractivity contribution in [2.24, 2.45) is 0 Å². The predicted octanol–water partition coefficient (Wildman–Crippen LogP) is 1.74. The van der Waals surface area contributed by atoms with Gasteiger partial charge in [-0.1, -0.05) is 18.7 Å². The highest BCUT2D eigenvalue weighted by molar-refractivity contribution is 5.86. The van der Waals surface area contributed by atoms with Crippen molar-refractivity contribution < 1.29 is 24.2 Å². The van der Waals surface area contributed by atoms with Crippen molar-refractivity contribution in [3.05, 3.63) is 42.0 Å². The summed E-state index contributed by atoms with van der Waals surface area (Å²) >= 11 is 0. The van der Waals surface area contributed by atoms with Crippen molar-refractivity contribution in [3.8, 4) is 5.75 Å². The van der Waals surface area contributed by atoms with Gasteiger partial charge in [0.2, 0.25) is 0 Å². The number of carbonyl (C=O) groups excluding carboxylic acids is 2. The molecule has 0 bridgehead atoms. The Morgan fingerprint density at radius 1 is 1.20 bits per heavy atom. The van der Waals surface area contributed by atoms with Crippen LogP contribution in [-0.2, 0) is 20.8 Å². The lowest BCUT2D eigenvalue weighted by molar-refractivity contribution is -0.139. The first kappa shape index (κ1) is 15.6. The molecule has 0 aliphatic heterocycles. The summed E-state index contributed by atoms with van der Waals surface area (Å²) < 4.78 is 9.57. The largest absolute Gasteiger partial charge is 0.508 e. The van der Waals surface area contributed by atoms with Crippen LogP contribution in [0.15, 0.2) is 36.4 Å². The maximum absolute atomic E-state index is 11.3. The molecule has 0 aliphatic carbocycles. The van der Waals surface area contributed by atoms with E-state index < -0.39 is 12.1 Å². The smallest absolute Gasteiger partial charge is 0.407 e. The molecule has 6 heteroatoms. The van der Waals surface area contributed by atoms with E-state index in [0.717, 1.165) is 5.56 Å². The van der Waals surface area contributed by atoms with E-state index in [4.69, 9.17) is 14.6 Å². The van der Waals surface area contributed by atoms with E-state index >= 15 is 0 Å². The van der Waals surface area contributed by atoms with Crippen LogP contribution in [0.1, 0.15) is 12.5 Å². The second-order valence-corrected chi connectivity index (χ2v) is 4.07. The molecule has 20 heavy (non-hydrogen) atoms. The maximum atomic E-state index is 11.3. The first-order valence-corrected chi connectivity index (χ1v) is 6.00. The highest BCUT2D eigenvalue weighted by Gasteiger charge is 2.05. The summed E-state index contributed by atoms with van der Waals surface area (Å²) in [6.07, 6.45) is -0.607. The molecule has 0 spiro atoms. The molecule has 108 valence electrons. The molecule has 0 fully saturated rings. The van der Waals surface area contributed by atoms with E-state index in [1.807, 2.05) is 0 Å². The number of esters is 1. The topological polar surface area (TPSA) is 84.9 Å². The fourth-order valence-electron chi connectivity index (χ4n) is 1.23. The van der Waals surface area contributed by atoms with Crippen LogP contribution in [0.25, 0.3) is 0 Å². The number of phenolic OH excluding ortho intramolecular Hbond substituents is 1. The molecule has 1 aromatic rings. The van der Waals surface area contributed by atoms with Crippen LogP contribution in [-0.4, -0.2) is 30.4 Å². The number of rotatable bonds is 6. The van der Waals surface area contributed by atoms with E-state index in [1.54, 1.807) is 12.1 Å². The van der Waals surface area contributed by atoms with Gasteiger partial charge >= 0.3 is 12.1 Å². The number of carbonyl (C=O) groups is 2. The molecule has 0 saturated carbocycles. The monoisotopic (exact) mass is 279 g/mol. The van der Waals surface area contributed by atoms with E-state index in [0.29, 0.717) is 5.57 Å². The average molecular weight is 279 g/mol. The van der Waals surface area contributed by atoms with Gasteiger partial charge in [0, 0.05) is 12.1 Å². The first-order chi connectivity index (χ1) is 9.49. The summed E-state index contributed by atoms with van der Waals surface area (Å²) in [4.78, 5) is 22.3. The molecule has 0 atom stereocenters. The van der Waals surface area contributed by atoms with Crippen LogP contribution < -0.4 is 5.32 Å². The number of ether oxygens (including phenoxy) is 2. The number of benzene rings is 1. The highest BCUT2D eigenvalue weighted by Crippen LogP contribution is 2.09. The molecule has 1 amide bonds. The molecule has 1 rings (SSSR count). The summed E-state index contributed by atoms with van der Waals surface area (Å²) in [5.41, 5.74) is 1.12. The number of amides is 1. The molecule has 0 radical (unpaired) electrons. The van der Waals surface area contributed by atoms with Gasteiger partial charge in [-0.2, -0.15) is 0 Å². The third-order valence-electron chi connectivity index (χ3n) is 2.27. The summed E-state index contributed by atoms with van der Waals surface area (Å²) in [5.74, 6) is -0.353. The molecular formula is C14H17NO5. The van der Waals surface area contributed by atoms with Crippen molar-refractivity contribution in [2.75, 3.05) is 13.2 Å². The fraction of sp³-hybridized carbons (Fsp3) is 0.286. The van der Waals surface area contributed by atoms with Crippen LogP contribution in [0, 0.1) is 0 Å². The fourth-order valence-corrected chi connectivity index (χ4v) is 1.23. The van der Waals surface area contributed by atoms with Gasteiger partial charge in [0.15, 0.2) is 0 Å². The van der Waals surface area contributed by atoms with Gasteiger partial charge in [-0.3, -0.25) is 0 Å². The Kier molecular flexibility index (Phi) is 6.09. The Bertz CT molecular complexity index is 481. The normalized spacial score (nSPS) is 9.65. The molecular weight excluding hydrogens is 262 g/mol. The zero-order chi connectivity index (χ0) is 15.0. The van der Waals surface area contributed by atoms with Crippen molar-refractivity contribution >= 4 is 12.1 Å². The third kappa shape index (κ3) is 5.90. The molecule has 6 nitrogen and oxygen atoms in total. The summed E-state index contributed by atoms with van der Waals surface area (Å²) in [7, 11) is 0. The number of aromatic hydroxyl groups is 1. The Hall–Kier alpha value is -2.50. The van der Waals surface area contributed by atoms with Gasteiger partial charge in [0.1, 0.15) is 19.0 Å². The molecule has 1 aromatic carbocycles. The Balaban J connectivity index is 2.16. The third-order valence-corrected chi connectivity index (χ3v) is 2.27. The van der Waals surface area contributed by atoms with E-state index in [9.17, 15) is 9.59 Å². The first-order valence-electron chi connectivity index (χ1n) is 6.00. The molecule has 0 unspecified atom stereocenters. The molecule has 0 aliphatic rings. The summed E-state index contributed by atoms with van der Waals surface area (Å²) in [5, 5.41) is 11.6. The molecule has 0 saturated heterocycles. The minimum Gasteiger partial charge on any atom is -0.508 e. The minimum atomic E-state index is -0.607. The number of nitrogens with one attached hydrogen (secondary N) is 1. The lowest BCUT2D eigenvalue weighted by atomic mass is 10.2. The summed E-state index contributed by atoms with van der Waals surface area (Å²) in [6.45, 7) is 5.20. The SMILES string of the molecule is C=C(C)C(=O)OCCOC(=O)NCc1ccc(O)cc1. The van der Waals surface area contributed by atoms with Crippen molar-refractivity contribution in [1.29, 1.82) is 0 Å². The second-order valence-electron chi connectivity index (χ2n) is 4.07. The Morgan fingerprint density at radius 2 is 1.80 bits per heavy atom. The van der Waals surface area contributed by atoms with Gasteiger partial charge in [-0.25, -0.2) is 9.59 Å². The highest BCUT2D eigenvalue weighted by atomic mass is 16.6. The van der Waals surface area contributed by atoms with Gasteiger partial charge in [-0.15, -0.1) is 0 Å². The zero-order valence-electron chi connectivity index (χ0n) is 11.2. The number of hydrogen-bond donors (Lipinski definition) is 2. The van der Waals surface area contributed by atoms with Gasteiger partial charge in [0.25, 0.3) is 0 Å². The van der Waals surface area contributed by atoms with E-state index in [-0.39, 0.29) is 25.5 Å². The van der Waals surface area contributed by atoms with Crippen molar-refractivity contribution in [1.82, 2.24) is 5.32 Å². The van der Waals surface area contributed by atoms with Gasteiger partial charge in [0.05, 0.1) is 0 Å². The zero-order valence-corrected chi connectivity index (χ0v) is 11.2. The Labute approximate surface area is 117 Å². The van der Waals surface area contributed by atoms with Crippen molar-refractivity contribution in [3.63, 3.8) is 0 Å².